The Kier molecular flexibility index (Phi) is 5.03. The lowest BCUT2D eigenvalue weighted by atomic mass is 10.1. The van der Waals surface area contributed by atoms with Gasteiger partial charge in [0.25, 0.3) is 11.5 Å². The first-order chi connectivity index (χ1) is 12.3. The van der Waals surface area contributed by atoms with Gasteiger partial charge in [0.2, 0.25) is 0 Å². The first kappa shape index (κ1) is 18.1. The van der Waals surface area contributed by atoms with Crippen molar-refractivity contribution in [2.45, 2.75) is 11.1 Å². The van der Waals surface area contributed by atoms with E-state index in [0.29, 0.717) is 27.4 Å². The Morgan fingerprint density at radius 3 is 2.54 bits per heavy atom. The van der Waals surface area contributed by atoms with Crippen molar-refractivity contribution in [2.75, 3.05) is 11.1 Å². The maximum absolute atomic E-state index is 12.5. The van der Waals surface area contributed by atoms with Crippen LogP contribution in [0.25, 0.3) is 10.8 Å². The maximum atomic E-state index is 12.5. The summed E-state index contributed by atoms with van der Waals surface area (Å²) in [5.41, 5.74) is -0.127. The van der Waals surface area contributed by atoms with Crippen LogP contribution in [0.15, 0.2) is 64.3 Å². The molecule has 1 aromatic heterocycles. The number of halogens is 3. The molecule has 0 aliphatic rings. The summed E-state index contributed by atoms with van der Waals surface area (Å²) in [5, 5.41) is 3.61. The van der Waals surface area contributed by atoms with Crippen LogP contribution >= 0.6 is 11.8 Å². The molecule has 0 spiro atoms. The number of para-hydroxylation sites is 1. The summed E-state index contributed by atoms with van der Waals surface area (Å²) in [6, 6.07) is 14.5. The number of pyridine rings is 1. The SMILES string of the molecule is O=C(Nc1ccccc1SCC(F)(F)F)c1cc2ccccc2c(=O)[nH]1. The van der Waals surface area contributed by atoms with Gasteiger partial charge in [0.15, 0.2) is 0 Å². The third-order valence-electron chi connectivity index (χ3n) is 3.52. The van der Waals surface area contributed by atoms with Crippen LogP contribution < -0.4 is 10.9 Å². The van der Waals surface area contributed by atoms with Gasteiger partial charge in [-0.3, -0.25) is 9.59 Å². The molecule has 0 saturated heterocycles. The Morgan fingerprint density at radius 1 is 1.08 bits per heavy atom. The fraction of sp³-hybridized carbons (Fsp3) is 0.111. The lowest BCUT2D eigenvalue weighted by Gasteiger charge is -2.12. The zero-order chi connectivity index (χ0) is 18.7. The molecule has 0 aliphatic heterocycles. The van der Waals surface area contributed by atoms with Crippen LogP contribution in [0.2, 0.25) is 0 Å². The number of H-pyrrole nitrogens is 1. The third-order valence-corrected chi connectivity index (χ3v) is 4.66. The van der Waals surface area contributed by atoms with Crippen molar-refractivity contribution in [3.05, 3.63) is 70.6 Å². The number of carbonyl (C=O) groups excluding carboxylic acids is 1. The van der Waals surface area contributed by atoms with Crippen molar-refractivity contribution < 1.29 is 18.0 Å². The zero-order valence-electron chi connectivity index (χ0n) is 13.3. The Balaban J connectivity index is 1.86. The molecule has 2 aromatic carbocycles. The quantitative estimate of drug-likeness (QED) is 0.660. The number of amides is 1. The number of alkyl halides is 3. The van der Waals surface area contributed by atoms with Crippen LogP contribution in [-0.2, 0) is 0 Å². The highest BCUT2D eigenvalue weighted by Gasteiger charge is 2.27. The van der Waals surface area contributed by atoms with Crippen molar-refractivity contribution in [3.8, 4) is 0 Å². The van der Waals surface area contributed by atoms with Crippen molar-refractivity contribution in [2.24, 2.45) is 0 Å². The van der Waals surface area contributed by atoms with Crippen LogP contribution in [0.1, 0.15) is 10.5 Å². The second-order valence-electron chi connectivity index (χ2n) is 5.45. The molecule has 1 amide bonds. The highest BCUT2D eigenvalue weighted by Crippen LogP contribution is 2.32. The molecule has 3 aromatic rings. The third kappa shape index (κ3) is 4.26. The first-order valence-corrected chi connectivity index (χ1v) is 8.54. The minimum atomic E-state index is -4.31. The summed E-state index contributed by atoms with van der Waals surface area (Å²) in [6.45, 7) is 0. The van der Waals surface area contributed by atoms with Crippen molar-refractivity contribution in [1.82, 2.24) is 4.98 Å². The van der Waals surface area contributed by atoms with E-state index in [9.17, 15) is 22.8 Å². The number of thioether (sulfide) groups is 1. The first-order valence-electron chi connectivity index (χ1n) is 7.55. The molecule has 3 rings (SSSR count). The minimum Gasteiger partial charge on any atom is -0.320 e. The van der Waals surface area contributed by atoms with Gasteiger partial charge in [0.1, 0.15) is 5.69 Å². The molecule has 0 fully saturated rings. The van der Waals surface area contributed by atoms with Crippen LogP contribution in [0.5, 0.6) is 0 Å². The van der Waals surface area contributed by atoms with Crippen LogP contribution in [0, 0.1) is 0 Å². The second-order valence-corrected chi connectivity index (χ2v) is 6.47. The second kappa shape index (κ2) is 7.25. The van der Waals surface area contributed by atoms with E-state index < -0.39 is 23.4 Å². The molecule has 8 heteroatoms. The molecule has 0 unspecified atom stereocenters. The molecule has 0 aliphatic carbocycles. The highest BCUT2D eigenvalue weighted by atomic mass is 32.2. The summed E-state index contributed by atoms with van der Waals surface area (Å²) < 4.78 is 37.3. The molecule has 26 heavy (non-hydrogen) atoms. The van der Waals surface area contributed by atoms with Crippen LogP contribution in [0.3, 0.4) is 0 Å². The molecule has 2 N–H and O–H groups in total. The van der Waals surface area contributed by atoms with Gasteiger partial charge in [0, 0.05) is 10.3 Å². The molecule has 0 saturated carbocycles. The fourth-order valence-corrected chi connectivity index (χ4v) is 3.15. The number of hydrogen-bond acceptors (Lipinski definition) is 3. The van der Waals surface area contributed by atoms with E-state index in [4.69, 9.17) is 0 Å². The molecule has 134 valence electrons. The number of hydrogen-bond donors (Lipinski definition) is 2. The number of benzene rings is 2. The standard InChI is InChI=1S/C18H13F3N2O2S/c19-18(20,21)10-26-15-8-4-3-7-13(15)22-17(25)14-9-11-5-1-2-6-12(11)16(24)23-14/h1-9H,10H2,(H,22,25)(H,23,24). The predicted octanol–water partition coefficient (Wildman–Crippen LogP) is 4.43. The topological polar surface area (TPSA) is 62.0 Å². The van der Waals surface area contributed by atoms with E-state index in [1.54, 1.807) is 36.4 Å². The number of aromatic nitrogens is 1. The van der Waals surface area contributed by atoms with Crippen molar-refractivity contribution in [3.63, 3.8) is 0 Å². The molecular weight excluding hydrogens is 365 g/mol. The average Bonchev–Trinajstić information content (AvgIpc) is 2.60. The van der Waals surface area contributed by atoms with Gasteiger partial charge < -0.3 is 10.3 Å². The van der Waals surface area contributed by atoms with Gasteiger partial charge in [-0.05, 0) is 29.7 Å². The summed E-state index contributed by atoms with van der Waals surface area (Å²) in [4.78, 5) is 27.3. The Labute approximate surface area is 150 Å². The smallest absolute Gasteiger partial charge is 0.320 e. The Morgan fingerprint density at radius 2 is 1.77 bits per heavy atom. The van der Waals surface area contributed by atoms with Gasteiger partial charge in [0.05, 0.1) is 11.4 Å². The molecule has 0 bridgehead atoms. The molecular formula is C18H13F3N2O2S. The number of aromatic amines is 1. The zero-order valence-corrected chi connectivity index (χ0v) is 14.1. The van der Waals surface area contributed by atoms with Gasteiger partial charge >= 0.3 is 6.18 Å². The summed E-state index contributed by atoms with van der Waals surface area (Å²) in [5.74, 6) is -1.67. The van der Waals surface area contributed by atoms with E-state index in [0.717, 1.165) is 0 Å². The Hall–Kier alpha value is -2.74. The largest absolute Gasteiger partial charge is 0.398 e. The monoisotopic (exact) mass is 378 g/mol. The normalized spacial score (nSPS) is 11.5. The number of fused-ring (bicyclic) bond motifs is 1. The fourth-order valence-electron chi connectivity index (χ4n) is 2.38. The van der Waals surface area contributed by atoms with Gasteiger partial charge in [-0.25, -0.2) is 0 Å². The average molecular weight is 378 g/mol. The lowest BCUT2D eigenvalue weighted by Crippen LogP contribution is -2.19. The van der Waals surface area contributed by atoms with E-state index in [-0.39, 0.29) is 11.4 Å². The predicted molar refractivity (Wildman–Crippen MR) is 95.7 cm³/mol. The van der Waals surface area contributed by atoms with Crippen molar-refractivity contribution in [1.29, 1.82) is 0 Å². The molecule has 0 radical (unpaired) electrons. The van der Waals surface area contributed by atoms with Crippen molar-refractivity contribution >= 4 is 34.1 Å². The Bertz CT molecular complexity index is 1010. The summed E-state index contributed by atoms with van der Waals surface area (Å²) >= 11 is 0.585. The molecule has 1 heterocycles. The van der Waals surface area contributed by atoms with Crippen LogP contribution in [0.4, 0.5) is 18.9 Å². The van der Waals surface area contributed by atoms with Crippen LogP contribution in [-0.4, -0.2) is 22.8 Å². The number of carbonyl (C=O) groups is 1. The number of rotatable bonds is 4. The molecule has 4 nitrogen and oxygen atoms in total. The maximum Gasteiger partial charge on any atom is 0.398 e. The number of nitrogens with one attached hydrogen (secondary N) is 2. The molecule has 0 atom stereocenters. The van der Waals surface area contributed by atoms with E-state index in [1.165, 1.54) is 18.2 Å². The van der Waals surface area contributed by atoms with E-state index >= 15 is 0 Å². The minimum absolute atomic E-state index is 0.0318. The summed E-state index contributed by atoms with van der Waals surface area (Å²) in [7, 11) is 0. The summed E-state index contributed by atoms with van der Waals surface area (Å²) in [6.07, 6.45) is -4.31. The highest BCUT2D eigenvalue weighted by molar-refractivity contribution is 7.99. The van der Waals surface area contributed by atoms with E-state index in [1.807, 2.05) is 0 Å². The lowest BCUT2D eigenvalue weighted by molar-refractivity contribution is -0.105. The van der Waals surface area contributed by atoms with Gasteiger partial charge in [-0.15, -0.1) is 11.8 Å². The van der Waals surface area contributed by atoms with E-state index in [2.05, 4.69) is 10.3 Å². The van der Waals surface area contributed by atoms with Gasteiger partial charge in [-0.1, -0.05) is 30.3 Å². The van der Waals surface area contributed by atoms with Gasteiger partial charge in [-0.2, -0.15) is 13.2 Å². The number of anilines is 1.